The predicted octanol–water partition coefficient (Wildman–Crippen LogP) is 2.93. The molecule has 0 radical (unpaired) electrons. The van der Waals surface area contributed by atoms with Crippen molar-refractivity contribution in [3.63, 3.8) is 0 Å². The average molecular weight is 201 g/mol. The zero-order valence-corrected chi connectivity index (χ0v) is 10.0. The molecule has 0 aromatic heterocycles. The fraction of sp³-hybridized carbons (Fsp3) is 0.818. The normalized spacial score (nSPS) is 15.3. The van der Waals surface area contributed by atoms with Crippen LogP contribution in [0.2, 0.25) is 0 Å². The highest BCUT2D eigenvalue weighted by Gasteiger charge is 2.17. The molecule has 2 heteroatoms. The van der Waals surface area contributed by atoms with E-state index in [0.717, 1.165) is 6.54 Å². The minimum atomic E-state index is 0.281. The molecule has 0 bridgehead atoms. The first-order chi connectivity index (χ1) is 6.18. The van der Waals surface area contributed by atoms with Crippen molar-refractivity contribution in [2.24, 2.45) is 5.41 Å². The first-order valence-electron chi connectivity index (χ1n) is 5.04. The molecule has 0 rings (SSSR count). The summed E-state index contributed by atoms with van der Waals surface area (Å²) < 4.78 is 0. The molecule has 0 amide bonds. The number of nitrogens with one attached hydrogen (secondary N) is 1. The van der Waals surface area contributed by atoms with Gasteiger partial charge in [-0.25, -0.2) is 0 Å². The maximum absolute atomic E-state index is 3.90. The Bertz CT molecular complexity index is 136. The highest BCUT2D eigenvalue weighted by Crippen LogP contribution is 2.24. The van der Waals surface area contributed by atoms with Crippen molar-refractivity contribution < 1.29 is 0 Å². The highest BCUT2D eigenvalue weighted by molar-refractivity contribution is 7.99. The van der Waals surface area contributed by atoms with E-state index in [9.17, 15) is 0 Å². The molecule has 0 spiro atoms. The van der Waals surface area contributed by atoms with Crippen LogP contribution in [0, 0.1) is 5.41 Å². The third-order valence-corrected chi connectivity index (χ3v) is 3.30. The molecular weight excluding hydrogens is 178 g/mol. The van der Waals surface area contributed by atoms with Gasteiger partial charge < -0.3 is 5.32 Å². The van der Waals surface area contributed by atoms with Gasteiger partial charge in [-0.05, 0) is 36.8 Å². The molecule has 0 saturated carbocycles. The van der Waals surface area contributed by atoms with Crippen LogP contribution in [-0.2, 0) is 0 Å². The lowest BCUT2D eigenvalue weighted by Crippen LogP contribution is -2.27. The van der Waals surface area contributed by atoms with Crippen LogP contribution in [0.4, 0.5) is 0 Å². The largest absolute Gasteiger partial charge is 0.319 e. The van der Waals surface area contributed by atoms with Crippen LogP contribution in [-0.4, -0.2) is 25.1 Å². The second kappa shape index (κ2) is 7.45. The van der Waals surface area contributed by atoms with Gasteiger partial charge in [0.25, 0.3) is 0 Å². The second-order valence-corrected chi connectivity index (χ2v) is 5.08. The van der Waals surface area contributed by atoms with E-state index in [-0.39, 0.29) is 5.41 Å². The zero-order chi connectivity index (χ0) is 10.2. The van der Waals surface area contributed by atoms with Gasteiger partial charge in [0.2, 0.25) is 0 Å². The molecule has 0 heterocycles. The predicted molar refractivity (Wildman–Crippen MR) is 64.5 cm³/mol. The Kier molecular flexibility index (Phi) is 7.48. The quantitative estimate of drug-likeness (QED) is 0.479. The molecule has 1 atom stereocenters. The van der Waals surface area contributed by atoms with E-state index >= 15 is 0 Å². The van der Waals surface area contributed by atoms with E-state index in [1.807, 2.05) is 18.8 Å². The molecule has 0 aromatic carbocycles. The van der Waals surface area contributed by atoms with Crippen molar-refractivity contribution in [1.29, 1.82) is 0 Å². The number of rotatable bonds is 8. The molecule has 0 aliphatic rings. The van der Waals surface area contributed by atoms with Gasteiger partial charge in [0, 0.05) is 6.54 Å². The molecule has 0 saturated heterocycles. The van der Waals surface area contributed by atoms with Crippen molar-refractivity contribution >= 4 is 11.8 Å². The topological polar surface area (TPSA) is 12.0 Å². The number of hydrogen-bond donors (Lipinski definition) is 1. The maximum Gasteiger partial charge on any atom is 0.00368 e. The van der Waals surface area contributed by atoms with E-state index in [4.69, 9.17) is 0 Å². The fourth-order valence-corrected chi connectivity index (χ4v) is 2.03. The van der Waals surface area contributed by atoms with Crippen LogP contribution in [0.5, 0.6) is 0 Å². The monoisotopic (exact) mass is 201 g/mol. The van der Waals surface area contributed by atoms with E-state index < -0.39 is 0 Å². The Balaban J connectivity index is 3.63. The van der Waals surface area contributed by atoms with Crippen LogP contribution in [0.1, 0.15) is 26.7 Å². The standard InChI is InChI=1S/C11H23NS/c1-5-11(3,10-12-4)8-7-9-13-6-2/h5,12H,1,6-10H2,2-4H3. The zero-order valence-electron chi connectivity index (χ0n) is 9.23. The Labute approximate surface area is 87.4 Å². The van der Waals surface area contributed by atoms with Crippen molar-refractivity contribution in [3.05, 3.63) is 12.7 Å². The third kappa shape index (κ3) is 6.17. The van der Waals surface area contributed by atoms with Crippen LogP contribution < -0.4 is 5.32 Å². The maximum atomic E-state index is 3.90. The molecule has 1 unspecified atom stereocenters. The van der Waals surface area contributed by atoms with Crippen LogP contribution >= 0.6 is 11.8 Å². The van der Waals surface area contributed by atoms with E-state index in [1.54, 1.807) is 0 Å². The summed E-state index contributed by atoms with van der Waals surface area (Å²) in [5.41, 5.74) is 0.281. The molecule has 0 aromatic rings. The third-order valence-electron chi connectivity index (χ3n) is 2.31. The second-order valence-electron chi connectivity index (χ2n) is 3.69. The lowest BCUT2D eigenvalue weighted by atomic mass is 9.86. The Morgan fingerprint density at radius 3 is 2.69 bits per heavy atom. The summed E-state index contributed by atoms with van der Waals surface area (Å²) in [4.78, 5) is 0. The molecule has 1 N–H and O–H groups in total. The summed E-state index contributed by atoms with van der Waals surface area (Å²) in [5, 5.41) is 3.22. The Morgan fingerprint density at radius 2 is 2.23 bits per heavy atom. The SMILES string of the molecule is C=CC(C)(CCCSCC)CNC. The van der Waals surface area contributed by atoms with E-state index in [2.05, 4.69) is 31.8 Å². The van der Waals surface area contributed by atoms with Crippen molar-refractivity contribution in [2.45, 2.75) is 26.7 Å². The molecule has 0 aliphatic heterocycles. The molecule has 0 fully saturated rings. The lowest BCUT2D eigenvalue weighted by Gasteiger charge is -2.25. The summed E-state index contributed by atoms with van der Waals surface area (Å²) in [5.74, 6) is 2.51. The molecule has 13 heavy (non-hydrogen) atoms. The van der Waals surface area contributed by atoms with Gasteiger partial charge in [-0.2, -0.15) is 11.8 Å². The summed E-state index contributed by atoms with van der Waals surface area (Å²) in [6, 6.07) is 0. The van der Waals surface area contributed by atoms with Gasteiger partial charge in [-0.15, -0.1) is 6.58 Å². The summed E-state index contributed by atoms with van der Waals surface area (Å²) in [6.07, 6.45) is 4.62. The van der Waals surface area contributed by atoms with Gasteiger partial charge in [0.05, 0.1) is 0 Å². The molecule has 78 valence electrons. The van der Waals surface area contributed by atoms with Crippen molar-refractivity contribution in [2.75, 3.05) is 25.1 Å². The van der Waals surface area contributed by atoms with Crippen molar-refractivity contribution in [3.8, 4) is 0 Å². The number of thioether (sulfide) groups is 1. The van der Waals surface area contributed by atoms with Gasteiger partial charge in [-0.3, -0.25) is 0 Å². The average Bonchev–Trinajstić information content (AvgIpc) is 2.13. The van der Waals surface area contributed by atoms with Gasteiger partial charge in [0.15, 0.2) is 0 Å². The summed E-state index contributed by atoms with van der Waals surface area (Å²) >= 11 is 2.02. The Hall–Kier alpha value is 0.0500. The van der Waals surface area contributed by atoms with E-state index in [0.29, 0.717) is 0 Å². The minimum absolute atomic E-state index is 0.281. The van der Waals surface area contributed by atoms with Crippen molar-refractivity contribution in [1.82, 2.24) is 5.32 Å². The molecular formula is C11H23NS. The Morgan fingerprint density at radius 1 is 1.54 bits per heavy atom. The lowest BCUT2D eigenvalue weighted by molar-refractivity contribution is 0.374. The van der Waals surface area contributed by atoms with E-state index in [1.165, 1.54) is 24.3 Å². The summed E-state index contributed by atoms with van der Waals surface area (Å²) in [6.45, 7) is 9.42. The first-order valence-corrected chi connectivity index (χ1v) is 6.20. The first kappa shape index (κ1) is 13.1. The smallest absolute Gasteiger partial charge is 0.00368 e. The van der Waals surface area contributed by atoms with Gasteiger partial charge in [0.1, 0.15) is 0 Å². The number of hydrogen-bond acceptors (Lipinski definition) is 2. The van der Waals surface area contributed by atoms with Gasteiger partial charge >= 0.3 is 0 Å². The van der Waals surface area contributed by atoms with Crippen LogP contribution in [0.3, 0.4) is 0 Å². The highest BCUT2D eigenvalue weighted by atomic mass is 32.2. The fourth-order valence-electron chi connectivity index (χ4n) is 1.39. The molecule has 1 nitrogen and oxygen atoms in total. The minimum Gasteiger partial charge on any atom is -0.319 e. The van der Waals surface area contributed by atoms with Crippen LogP contribution in [0.25, 0.3) is 0 Å². The van der Waals surface area contributed by atoms with Gasteiger partial charge in [-0.1, -0.05) is 19.9 Å². The molecule has 0 aliphatic carbocycles. The summed E-state index contributed by atoms with van der Waals surface area (Å²) in [7, 11) is 2.00. The van der Waals surface area contributed by atoms with Crippen LogP contribution in [0.15, 0.2) is 12.7 Å².